The normalized spacial score (nSPS) is 11.9. The highest BCUT2D eigenvalue weighted by molar-refractivity contribution is 7.89. The molecule has 7 heteroatoms. The van der Waals surface area contributed by atoms with Crippen LogP contribution in [0, 0.1) is 0 Å². The molecule has 1 N–H and O–H groups in total. The van der Waals surface area contributed by atoms with Crippen molar-refractivity contribution in [3.8, 4) is 0 Å². The monoisotopic (exact) mass is 473 g/mol. The van der Waals surface area contributed by atoms with E-state index in [0.717, 1.165) is 29.5 Å². The standard InChI is InChI=1S/C25H35N3O2S2/c1-2-3-4-5-6-7-8-9-10-16-21-28(32(29,30)22-17-12-11-13-18-22)27-25-26-23-19-14-15-20-24(23)31-25/h11-15,17-20H,2-10,16,21H2,1H3,(H,26,27). The first-order valence-electron chi connectivity index (χ1n) is 11.8. The van der Waals surface area contributed by atoms with Crippen molar-refractivity contribution in [3.05, 3.63) is 54.6 Å². The number of nitrogens with zero attached hydrogens (tertiary/aromatic N) is 2. The third kappa shape index (κ3) is 7.29. The number of aromatic nitrogens is 1. The van der Waals surface area contributed by atoms with Gasteiger partial charge in [-0.05, 0) is 30.7 Å². The number of hydrogen-bond acceptors (Lipinski definition) is 5. The average molecular weight is 474 g/mol. The van der Waals surface area contributed by atoms with Crippen LogP contribution in [0.3, 0.4) is 0 Å². The van der Waals surface area contributed by atoms with Crippen LogP contribution in [-0.2, 0) is 10.0 Å². The quantitative estimate of drug-likeness (QED) is 0.187. The molecule has 0 aliphatic carbocycles. The molecule has 3 rings (SSSR count). The minimum Gasteiger partial charge on any atom is -0.280 e. The Morgan fingerprint density at radius 2 is 1.41 bits per heavy atom. The number of fused-ring (bicyclic) bond motifs is 1. The fourth-order valence-electron chi connectivity index (χ4n) is 3.73. The van der Waals surface area contributed by atoms with Crippen LogP contribution in [0.25, 0.3) is 10.2 Å². The number of hydrazine groups is 1. The van der Waals surface area contributed by atoms with Gasteiger partial charge in [-0.15, -0.1) is 4.41 Å². The molecule has 2 aromatic carbocycles. The zero-order chi connectivity index (χ0) is 22.7. The number of thiazole rings is 1. The molecule has 0 spiro atoms. The summed E-state index contributed by atoms with van der Waals surface area (Å²) in [7, 11) is -3.66. The van der Waals surface area contributed by atoms with Crippen LogP contribution in [0.5, 0.6) is 0 Å². The lowest BCUT2D eigenvalue weighted by atomic mass is 10.1. The molecule has 1 heterocycles. The number of hydrogen-bond donors (Lipinski definition) is 1. The predicted octanol–water partition coefficient (Wildman–Crippen LogP) is 7.24. The summed E-state index contributed by atoms with van der Waals surface area (Å²) in [6.45, 7) is 2.66. The van der Waals surface area contributed by atoms with Crippen molar-refractivity contribution < 1.29 is 8.42 Å². The van der Waals surface area contributed by atoms with E-state index < -0.39 is 10.0 Å². The Bertz CT molecular complexity index is 1000. The molecular formula is C25H35N3O2S2. The fourth-order valence-corrected chi connectivity index (χ4v) is 5.99. The molecule has 0 amide bonds. The van der Waals surface area contributed by atoms with Gasteiger partial charge in [-0.1, -0.05) is 106 Å². The summed E-state index contributed by atoms with van der Waals surface area (Å²) in [4.78, 5) is 4.85. The lowest BCUT2D eigenvalue weighted by molar-refractivity contribution is 0.443. The van der Waals surface area contributed by atoms with Crippen molar-refractivity contribution >= 4 is 36.7 Å². The highest BCUT2D eigenvalue weighted by Gasteiger charge is 2.25. The lowest BCUT2D eigenvalue weighted by Gasteiger charge is -2.22. The minimum absolute atomic E-state index is 0.292. The zero-order valence-electron chi connectivity index (χ0n) is 19.0. The summed E-state index contributed by atoms with van der Waals surface area (Å²) in [5.41, 5.74) is 3.96. The van der Waals surface area contributed by atoms with Crippen molar-refractivity contribution in [2.45, 2.75) is 76.0 Å². The molecule has 3 aromatic rings. The predicted molar refractivity (Wildman–Crippen MR) is 135 cm³/mol. The maximum absolute atomic E-state index is 13.3. The molecule has 0 unspecified atom stereocenters. The van der Waals surface area contributed by atoms with Crippen LogP contribution in [0.15, 0.2) is 59.5 Å². The van der Waals surface area contributed by atoms with E-state index in [0.29, 0.717) is 16.6 Å². The molecule has 0 aliphatic rings. The van der Waals surface area contributed by atoms with Gasteiger partial charge in [0.1, 0.15) is 0 Å². The number of para-hydroxylation sites is 1. The third-order valence-electron chi connectivity index (χ3n) is 5.56. The number of anilines is 1. The van der Waals surface area contributed by atoms with Crippen molar-refractivity contribution in [2.24, 2.45) is 0 Å². The smallest absolute Gasteiger partial charge is 0.259 e. The number of unbranched alkanes of at least 4 members (excludes halogenated alkanes) is 9. The topological polar surface area (TPSA) is 62.3 Å². The van der Waals surface area contributed by atoms with Crippen LogP contribution in [0.4, 0.5) is 5.13 Å². The van der Waals surface area contributed by atoms with Crippen LogP contribution >= 0.6 is 11.3 Å². The first kappa shape index (κ1) is 24.7. The second-order valence-corrected chi connectivity index (χ2v) is 11.1. The Kier molecular flexibility index (Phi) is 9.96. The van der Waals surface area contributed by atoms with Crippen molar-refractivity contribution in [1.82, 2.24) is 9.40 Å². The maximum Gasteiger partial charge on any atom is 0.259 e. The summed E-state index contributed by atoms with van der Waals surface area (Å²) in [5.74, 6) is 0. The molecule has 0 saturated carbocycles. The third-order valence-corrected chi connectivity index (χ3v) is 8.22. The van der Waals surface area contributed by atoms with Crippen LogP contribution in [-0.4, -0.2) is 24.4 Å². The van der Waals surface area contributed by atoms with E-state index in [4.69, 9.17) is 0 Å². The molecular weight excluding hydrogens is 438 g/mol. The van der Waals surface area contributed by atoms with Gasteiger partial charge in [0, 0.05) is 6.54 Å². The lowest BCUT2D eigenvalue weighted by Crippen LogP contribution is -2.37. The molecule has 0 bridgehead atoms. The highest BCUT2D eigenvalue weighted by Crippen LogP contribution is 2.27. The van der Waals surface area contributed by atoms with E-state index in [1.807, 2.05) is 30.3 Å². The van der Waals surface area contributed by atoms with Crippen molar-refractivity contribution in [2.75, 3.05) is 12.0 Å². The molecule has 0 fully saturated rings. The van der Waals surface area contributed by atoms with Crippen molar-refractivity contribution in [1.29, 1.82) is 0 Å². The summed E-state index contributed by atoms with van der Waals surface area (Å²) >= 11 is 1.47. The number of sulfonamides is 1. The van der Waals surface area contributed by atoms with Gasteiger partial charge in [-0.25, -0.2) is 13.4 Å². The Balaban J connectivity index is 1.56. The molecule has 0 radical (unpaired) electrons. The van der Waals surface area contributed by atoms with Gasteiger partial charge in [-0.3, -0.25) is 5.43 Å². The van der Waals surface area contributed by atoms with Gasteiger partial charge >= 0.3 is 0 Å². The van der Waals surface area contributed by atoms with Crippen LogP contribution in [0.2, 0.25) is 0 Å². The van der Waals surface area contributed by atoms with E-state index in [9.17, 15) is 8.42 Å². The number of nitrogens with one attached hydrogen (secondary N) is 1. The molecule has 1 aromatic heterocycles. The molecule has 174 valence electrons. The van der Waals surface area contributed by atoms with E-state index in [2.05, 4.69) is 17.3 Å². The summed E-state index contributed by atoms with van der Waals surface area (Å²) in [5, 5.41) is 0.595. The van der Waals surface area contributed by atoms with E-state index in [1.165, 1.54) is 60.7 Å². The van der Waals surface area contributed by atoms with Gasteiger partial charge in [0.2, 0.25) is 0 Å². The largest absolute Gasteiger partial charge is 0.280 e. The van der Waals surface area contributed by atoms with E-state index in [-0.39, 0.29) is 0 Å². The molecule has 0 aliphatic heterocycles. The zero-order valence-corrected chi connectivity index (χ0v) is 20.6. The van der Waals surface area contributed by atoms with Crippen LogP contribution < -0.4 is 5.43 Å². The summed E-state index contributed by atoms with van der Waals surface area (Å²) < 4.78 is 29.0. The number of benzene rings is 2. The first-order valence-corrected chi connectivity index (χ1v) is 14.1. The Morgan fingerprint density at radius 1 is 0.812 bits per heavy atom. The average Bonchev–Trinajstić information content (AvgIpc) is 3.22. The minimum atomic E-state index is -3.66. The fraction of sp³-hybridized carbons (Fsp3) is 0.480. The molecule has 5 nitrogen and oxygen atoms in total. The Labute approximate surface area is 196 Å². The van der Waals surface area contributed by atoms with Gasteiger partial charge < -0.3 is 0 Å². The van der Waals surface area contributed by atoms with Gasteiger partial charge in [0.05, 0.1) is 15.1 Å². The molecule has 0 saturated heterocycles. The van der Waals surface area contributed by atoms with Crippen molar-refractivity contribution in [3.63, 3.8) is 0 Å². The van der Waals surface area contributed by atoms with E-state index in [1.54, 1.807) is 24.3 Å². The summed E-state index contributed by atoms with van der Waals surface area (Å²) in [6, 6.07) is 16.5. The Hall–Kier alpha value is -1.96. The van der Waals surface area contributed by atoms with Gasteiger partial charge in [0.15, 0.2) is 5.13 Å². The molecule has 0 atom stereocenters. The second-order valence-electron chi connectivity index (χ2n) is 8.17. The molecule has 32 heavy (non-hydrogen) atoms. The SMILES string of the molecule is CCCCCCCCCCCCN(Nc1nc2ccccc2s1)S(=O)(=O)c1ccccc1. The maximum atomic E-state index is 13.3. The summed E-state index contributed by atoms with van der Waals surface area (Å²) in [6.07, 6.45) is 12.1. The Morgan fingerprint density at radius 3 is 2.06 bits per heavy atom. The van der Waals surface area contributed by atoms with Gasteiger partial charge in [0.25, 0.3) is 10.0 Å². The van der Waals surface area contributed by atoms with Crippen LogP contribution in [0.1, 0.15) is 71.1 Å². The van der Waals surface area contributed by atoms with E-state index >= 15 is 0 Å². The second kappa shape index (κ2) is 12.9. The highest BCUT2D eigenvalue weighted by atomic mass is 32.2. The first-order chi connectivity index (χ1) is 15.6. The number of rotatable bonds is 15. The van der Waals surface area contributed by atoms with Gasteiger partial charge in [-0.2, -0.15) is 0 Å².